The van der Waals surface area contributed by atoms with E-state index >= 15 is 0 Å². The molecular weight excluding hydrogens is 457 g/mol. The predicted octanol–water partition coefficient (Wildman–Crippen LogP) is 3.22. The van der Waals surface area contributed by atoms with E-state index in [4.69, 9.17) is 43.1 Å². The zero-order valence-electron chi connectivity index (χ0n) is 18.0. The van der Waals surface area contributed by atoms with Crippen LogP contribution in [0, 0.1) is 13.8 Å². The van der Waals surface area contributed by atoms with Crippen LogP contribution in [-0.2, 0) is 11.3 Å². The number of carbonyl (C=O) groups is 1. The lowest BCUT2D eigenvalue weighted by atomic mass is 10.00. The van der Waals surface area contributed by atoms with E-state index in [9.17, 15) is 9.59 Å². The van der Waals surface area contributed by atoms with Crippen molar-refractivity contribution in [2.75, 3.05) is 6.61 Å². The van der Waals surface area contributed by atoms with Gasteiger partial charge in [0, 0.05) is 30.8 Å². The number of aromatic amines is 1. The molecule has 1 saturated heterocycles. The predicted molar refractivity (Wildman–Crippen MR) is 121 cm³/mol. The molecule has 1 aromatic heterocycles. The van der Waals surface area contributed by atoms with Crippen LogP contribution in [0.4, 0.5) is 0 Å². The topological polar surface area (TPSA) is 116 Å². The number of hydrogen-bond acceptors (Lipinski definition) is 6. The third-order valence-corrected chi connectivity index (χ3v) is 6.46. The SMILES string of the molecule is Cc1cc(C)c(CNC(=O)c2cc(Cl)c3c(c2Cl)OC(C)([C@@H]2CC[C@@H](N)CO2)O3)c(=O)[nH]1. The summed E-state index contributed by atoms with van der Waals surface area (Å²) < 4.78 is 17.9. The van der Waals surface area contributed by atoms with Gasteiger partial charge in [0.1, 0.15) is 6.10 Å². The Bertz CT molecular complexity index is 1130. The first-order chi connectivity index (χ1) is 15.1. The van der Waals surface area contributed by atoms with Crippen molar-refractivity contribution in [1.29, 1.82) is 0 Å². The van der Waals surface area contributed by atoms with E-state index in [1.165, 1.54) is 6.07 Å². The molecule has 4 N–H and O–H groups in total. The van der Waals surface area contributed by atoms with Crippen LogP contribution < -0.4 is 26.1 Å². The molecule has 1 aromatic carbocycles. The average molecular weight is 482 g/mol. The van der Waals surface area contributed by atoms with Crippen LogP contribution in [0.1, 0.15) is 46.9 Å². The molecule has 2 aliphatic heterocycles. The minimum absolute atomic E-state index is 0.0227. The summed E-state index contributed by atoms with van der Waals surface area (Å²) >= 11 is 12.9. The molecule has 8 nitrogen and oxygen atoms in total. The number of halogens is 2. The van der Waals surface area contributed by atoms with Gasteiger partial charge in [-0.1, -0.05) is 23.2 Å². The fourth-order valence-electron chi connectivity index (χ4n) is 4.05. The van der Waals surface area contributed by atoms with Crippen LogP contribution in [0.3, 0.4) is 0 Å². The van der Waals surface area contributed by atoms with Gasteiger partial charge in [-0.2, -0.15) is 0 Å². The molecule has 172 valence electrons. The Labute approximate surface area is 195 Å². The zero-order valence-corrected chi connectivity index (χ0v) is 19.5. The van der Waals surface area contributed by atoms with Gasteiger partial charge in [-0.15, -0.1) is 0 Å². The molecule has 0 spiro atoms. The van der Waals surface area contributed by atoms with Crippen LogP contribution in [0.15, 0.2) is 16.9 Å². The van der Waals surface area contributed by atoms with E-state index in [-0.39, 0.29) is 51.4 Å². The van der Waals surface area contributed by atoms with Crippen molar-refractivity contribution in [3.63, 3.8) is 0 Å². The Kier molecular flexibility index (Phi) is 6.15. The molecule has 1 unspecified atom stereocenters. The molecule has 2 aromatic rings. The van der Waals surface area contributed by atoms with Crippen LogP contribution in [0.2, 0.25) is 10.0 Å². The molecule has 0 saturated carbocycles. The van der Waals surface area contributed by atoms with Gasteiger partial charge in [0.25, 0.3) is 17.3 Å². The number of fused-ring (bicyclic) bond motifs is 1. The zero-order chi connectivity index (χ0) is 23.2. The number of nitrogens with two attached hydrogens (primary N) is 1. The van der Waals surface area contributed by atoms with Crippen molar-refractivity contribution in [2.24, 2.45) is 5.73 Å². The summed E-state index contributed by atoms with van der Waals surface area (Å²) in [7, 11) is 0. The van der Waals surface area contributed by atoms with E-state index in [1.807, 2.05) is 13.0 Å². The maximum Gasteiger partial charge on any atom is 0.275 e. The normalized spacial score (nSPS) is 24.4. The van der Waals surface area contributed by atoms with E-state index in [1.54, 1.807) is 13.8 Å². The standard InChI is InChI=1S/C22H25Cl2N3O5/c1-10-6-11(2)27-21(29)14(10)8-26-20(28)13-7-15(23)18-19(17(13)24)32-22(3,31-18)16-5-4-12(25)9-30-16/h6-7,12,16H,4-5,8-9,25H2,1-3H3,(H,26,28)(H,27,29)/t12-,16+,22?/m1/s1. The molecule has 3 heterocycles. The fourth-order valence-corrected chi connectivity index (χ4v) is 4.54. The third kappa shape index (κ3) is 4.20. The Morgan fingerprint density at radius 1 is 1.25 bits per heavy atom. The molecule has 0 radical (unpaired) electrons. The number of pyridine rings is 1. The highest BCUT2D eigenvalue weighted by atomic mass is 35.5. The first-order valence-corrected chi connectivity index (χ1v) is 11.1. The highest BCUT2D eigenvalue weighted by Crippen LogP contribution is 2.51. The van der Waals surface area contributed by atoms with Gasteiger partial charge >= 0.3 is 0 Å². The molecule has 2 aliphatic rings. The molecule has 4 rings (SSSR count). The lowest BCUT2D eigenvalue weighted by molar-refractivity contribution is -0.184. The quantitative estimate of drug-likeness (QED) is 0.617. The number of aromatic nitrogens is 1. The number of benzene rings is 1. The molecule has 0 aliphatic carbocycles. The van der Waals surface area contributed by atoms with E-state index in [0.717, 1.165) is 17.7 Å². The van der Waals surface area contributed by atoms with Gasteiger partial charge in [-0.05, 0) is 44.4 Å². The molecule has 1 fully saturated rings. The monoisotopic (exact) mass is 481 g/mol. The Balaban J connectivity index is 1.55. The van der Waals surface area contributed by atoms with Crippen LogP contribution in [-0.4, -0.2) is 35.4 Å². The second-order valence-corrected chi connectivity index (χ2v) is 9.17. The summed E-state index contributed by atoms with van der Waals surface area (Å²) in [6, 6.07) is 3.25. The lowest BCUT2D eigenvalue weighted by Gasteiger charge is -2.36. The lowest BCUT2D eigenvalue weighted by Crippen LogP contribution is -2.52. The van der Waals surface area contributed by atoms with Gasteiger partial charge < -0.3 is 30.2 Å². The van der Waals surface area contributed by atoms with Gasteiger partial charge in [0.2, 0.25) is 0 Å². The van der Waals surface area contributed by atoms with Crippen molar-refractivity contribution < 1.29 is 19.0 Å². The number of rotatable bonds is 4. The average Bonchev–Trinajstić information content (AvgIpc) is 3.10. The summed E-state index contributed by atoms with van der Waals surface area (Å²) in [5.41, 5.74) is 7.77. The summed E-state index contributed by atoms with van der Waals surface area (Å²) in [5, 5.41) is 2.99. The van der Waals surface area contributed by atoms with Gasteiger partial charge in [0.05, 0.1) is 22.2 Å². The van der Waals surface area contributed by atoms with Crippen LogP contribution in [0.5, 0.6) is 11.5 Å². The van der Waals surface area contributed by atoms with Crippen molar-refractivity contribution in [3.8, 4) is 11.5 Å². The van der Waals surface area contributed by atoms with Crippen molar-refractivity contribution in [3.05, 3.63) is 54.9 Å². The van der Waals surface area contributed by atoms with Crippen molar-refractivity contribution in [2.45, 2.75) is 58.1 Å². The summed E-state index contributed by atoms with van der Waals surface area (Å²) in [6.45, 7) is 5.79. The molecule has 32 heavy (non-hydrogen) atoms. The number of amides is 1. The first kappa shape index (κ1) is 22.9. The van der Waals surface area contributed by atoms with Crippen molar-refractivity contribution >= 4 is 29.1 Å². The highest BCUT2D eigenvalue weighted by Gasteiger charge is 2.48. The number of ether oxygens (including phenoxy) is 3. The number of nitrogens with one attached hydrogen (secondary N) is 2. The molecule has 0 bridgehead atoms. The van der Waals surface area contributed by atoms with Crippen LogP contribution in [0.25, 0.3) is 0 Å². The minimum Gasteiger partial charge on any atom is -0.444 e. The Morgan fingerprint density at radius 2 is 1.97 bits per heavy atom. The number of carbonyl (C=O) groups excluding carboxylic acids is 1. The molecule has 3 atom stereocenters. The number of hydrogen-bond donors (Lipinski definition) is 3. The smallest absolute Gasteiger partial charge is 0.275 e. The molecular formula is C22H25Cl2N3O5. The Hall–Kier alpha value is -2.26. The van der Waals surface area contributed by atoms with Gasteiger partial charge in [-0.25, -0.2) is 0 Å². The Morgan fingerprint density at radius 3 is 2.62 bits per heavy atom. The number of aryl methyl sites for hydroxylation is 2. The largest absolute Gasteiger partial charge is 0.444 e. The maximum absolute atomic E-state index is 12.9. The van der Waals surface area contributed by atoms with Crippen LogP contribution >= 0.6 is 23.2 Å². The summed E-state index contributed by atoms with van der Waals surface area (Å²) in [6.07, 6.45) is 1.06. The molecule has 1 amide bonds. The van der Waals surface area contributed by atoms with E-state index < -0.39 is 11.7 Å². The van der Waals surface area contributed by atoms with Gasteiger partial charge in [0.15, 0.2) is 11.5 Å². The molecule has 10 heteroatoms. The number of H-pyrrole nitrogens is 1. The van der Waals surface area contributed by atoms with E-state index in [0.29, 0.717) is 18.6 Å². The summed E-state index contributed by atoms with van der Waals surface area (Å²) in [4.78, 5) is 27.8. The first-order valence-electron chi connectivity index (χ1n) is 10.3. The van der Waals surface area contributed by atoms with Crippen molar-refractivity contribution in [1.82, 2.24) is 10.3 Å². The highest BCUT2D eigenvalue weighted by molar-refractivity contribution is 6.38. The second-order valence-electron chi connectivity index (χ2n) is 8.38. The minimum atomic E-state index is -1.14. The summed E-state index contributed by atoms with van der Waals surface area (Å²) in [5.74, 6) is -1.18. The maximum atomic E-state index is 12.9. The fraction of sp³-hybridized carbons (Fsp3) is 0.455. The van der Waals surface area contributed by atoms with Gasteiger partial charge in [-0.3, -0.25) is 9.59 Å². The van der Waals surface area contributed by atoms with E-state index in [2.05, 4.69) is 10.3 Å². The second kappa shape index (κ2) is 8.59. The third-order valence-electron chi connectivity index (χ3n) is 5.80.